The van der Waals surface area contributed by atoms with E-state index in [0.29, 0.717) is 6.42 Å². The maximum absolute atomic E-state index is 12.2. The van der Waals surface area contributed by atoms with Crippen LogP contribution in [0.15, 0.2) is 6.20 Å². The third-order valence-electron chi connectivity index (χ3n) is 5.92. The van der Waals surface area contributed by atoms with E-state index in [0.717, 1.165) is 63.5 Å². The Labute approximate surface area is 151 Å². The minimum atomic E-state index is 0.0566. The number of aryl methyl sites for hydroxylation is 2. The number of carbonyl (C=O) groups excluding carboxylic acids is 1. The van der Waals surface area contributed by atoms with Crippen molar-refractivity contribution in [2.45, 2.75) is 51.5 Å². The quantitative estimate of drug-likeness (QED) is 0.837. The van der Waals surface area contributed by atoms with Gasteiger partial charge in [0, 0.05) is 56.9 Å². The highest BCUT2D eigenvalue weighted by Crippen LogP contribution is 2.34. The van der Waals surface area contributed by atoms with Crippen molar-refractivity contribution < 1.29 is 4.79 Å². The van der Waals surface area contributed by atoms with Gasteiger partial charge in [0.25, 0.3) is 0 Å². The first-order valence-corrected chi connectivity index (χ1v) is 9.48. The minimum absolute atomic E-state index is 0.0566. The molecule has 1 spiro atoms. The Kier molecular flexibility index (Phi) is 5.27. The zero-order valence-corrected chi connectivity index (χ0v) is 16.1. The Morgan fingerprint density at radius 2 is 2.00 bits per heavy atom. The Bertz CT molecular complexity index is 634. The molecule has 0 saturated carbocycles. The number of rotatable bonds is 3. The highest BCUT2D eigenvalue weighted by Gasteiger charge is 2.42. The fourth-order valence-corrected chi connectivity index (χ4v) is 4.14. The van der Waals surface area contributed by atoms with Crippen LogP contribution >= 0.6 is 0 Å². The number of nitrogens with zero attached hydrogens (tertiary/aromatic N) is 5. The van der Waals surface area contributed by atoms with E-state index < -0.39 is 0 Å². The van der Waals surface area contributed by atoms with E-state index in [1.165, 1.54) is 5.56 Å². The summed E-state index contributed by atoms with van der Waals surface area (Å²) in [4.78, 5) is 28.2. The van der Waals surface area contributed by atoms with E-state index in [-0.39, 0.29) is 11.4 Å². The summed E-state index contributed by atoms with van der Waals surface area (Å²) in [5.74, 6) is 2.20. The maximum Gasteiger partial charge on any atom is 0.222 e. The molecule has 1 amide bonds. The fourth-order valence-electron chi connectivity index (χ4n) is 4.14. The van der Waals surface area contributed by atoms with Crippen LogP contribution in [0.3, 0.4) is 0 Å². The largest absolute Gasteiger partial charge is 0.353 e. The lowest BCUT2D eigenvalue weighted by atomic mass is 9.86. The van der Waals surface area contributed by atoms with Gasteiger partial charge in [-0.05, 0) is 33.2 Å². The van der Waals surface area contributed by atoms with Crippen molar-refractivity contribution in [3.63, 3.8) is 0 Å². The van der Waals surface area contributed by atoms with Crippen LogP contribution in [0.5, 0.6) is 0 Å². The maximum atomic E-state index is 12.2. The van der Waals surface area contributed by atoms with Crippen molar-refractivity contribution >= 4 is 11.7 Å². The molecule has 0 aliphatic carbocycles. The van der Waals surface area contributed by atoms with Crippen LogP contribution in [0.25, 0.3) is 0 Å². The highest BCUT2D eigenvalue weighted by molar-refractivity contribution is 5.76. The molecule has 2 saturated heterocycles. The van der Waals surface area contributed by atoms with E-state index in [9.17, 15) is 4.79 Å². The molecule has 0 N–H and O–H groups in total. The van der Waals surface area contributed by atoms with Crippen LogP contribution in [0.1, 0.15) is 44.0 Å². The van der Waals surface area contributed by atoms with Crippen molar-refractivity contribution in [1.82, 2.24) is 19.8 Å². The molecule has 6 heteroatoms. The molecule has 1 unspecified atom stereocenters. The number of aromatic nitrogens is 2. The summed E-state index contributed by atoms with van der Waals surface area (Å²) in [5.41, 5.74) is 1.30. The summed E-state index contributed by atoms with van der Waals surface area (Å²) >= 11 is 0. The molecule has 0 bridgehead atoms. The van der Waals surface area contributed by atoms with Gasteiger partial charge in [0.2, 0.25) is 5.91 Å². The van der Waals surface area contributed by atoms with Gasteiger partial charge >= 0.3 is 0 Å². The molecule has 1 aromatic rings. The lowest BCUT2D eigenvalue weighted by molar-refractivity contribution is -0.129. The first-order chi connectivity index (χ1) is 11.9. The number of likely N-dealkylation sites (N-methyl/N-ethyl adjacent to an activating group) is 1. The van der Waals surface area contributed by atoms with Crippen LogP contribution < -0.4 is 4.90 Å². The van der Waals surface area contributed by atoms with E-state index in [4.69, 9.17) is 4.98 Å². The summed E-state index contributed by atoms with van der Waals surface area (Å²) in [7, 11) is 4.14. The molecule has 6 nitrogen and oxygen atoms in total. The second kappa shape index (κ2) is 7.28. The summed E-state index contributed by atoms with van der Waals surface area (Å²) in [6.45, 7) is 7.92. The Morgan fingerprint density at radius 1 is 1.20 bits per heavy atom. The number of likely N-dealkylation sites (tertiary alicyclic amines) is 1. The third-order valence-corrected chi connectivity index (χ3v) is 5.92. The number of carbonyl (C=O) groups is 1. The molecule has 0 radical (unpaired) electrons. The van der Waals surface area contributed by atoms with E-state index in [1.807, 2.05) is 25.1 Å². The number of piperazine rings is 1. The number of hydrogen-bond acceptors (Lipinski definition) is 5. The van der Waals surface area contributed by atoms with Crippen molar-refractivity contribution in [2.24, 2.45) is 0 Å². The van der Waals surface area contributed by atoms with Crippen LogP contribution in [0, 0.1) is 6.92 Å². The van der Waals surface area contributed by atoms with E-state index in [1.54, 1.807) is 0 Å². The predicted molar refractivity (Wildman–Crippen MR) is 99.8 cm³/mol. The number of anilines is 1. The van der Waals surface area contributed by atoms with Crippen LogP contribution in [-0.2, 0) is 11.2 Å². The molecule has 2 aliphatic heterocycles. The average Bonchev–Trinajstić information content (AvgIpc) is 2.74. The molecule has 1 aromatic heterocycles. The van der Waals surface area contributed by atoms with Gasteiger partial charge in [-0.2, -0.15) is 0 Å². The van der Waals surface area contributed by atoms with Gasteiger partial charge in [-0.15, -0.1) is 0 Å². The van der Waals surface area contributed by atoms with Crippen molar-refractivity contribution in [3.8, 4) is 0 Å². The van der Waals surface area contributed by atoms with Gasteiger partial charge in [0.05, 0.1) is 0 Å². The second-order valence-corrected chi connectivity index (χ2v) is 7.65. The van der Waals surface area contributed by atoms with E-state index >= 15 is 0 Å². The van der Waals surface area contributed by atoms with Crippen LogP contribution in [0.2, 0.25) is 0 Å². The molecule has 25 heavy (non-hydrogen) atoms. The predicted octanol–water partition coefficient (Wildman–Crippen LogP) is 1.87. The molecule has 3 heterocycles. The first-order valence-electron chi connectivity index (χ1n) is 9.48. The summed E-state index contributed by atoms with van der Waals surface area (Å²) in [5, 5.41) is 0. The third kappa shape index (κ3) is 3.64. The molecule has 3 rings (SSSR count). The summed E-state index contributed by atoms with van der Waals surface area (Å²) < 4.78 is 0. The standard InChI is InChI=1S/C19H31N5O/c1-5-6-16-13-20-15(2)21-18(16)24-12-11-23(4)19(14-24)8-7-17(25)22(3)10-9-19/h13H,5-12,14H2,1-4H3. The average molecular weight is 345 g/mol. The summed E-state index contributed by atoms with van der Waals surface area (Å²) in [6.07, 6.45) is 6.69. The second-order valence-electron chi connectivity index (χ2n) is 7.65. The lowest BCUT2D eigenvalue weighted by Gasteiger charge is -2.50. The molecule has 0 aromatic carbocycles. The van der Waals surface area contributed by atoms with E-state index in [2.05, 4.69) is 28.8 Å². The van der Waals surface area contributed by atoms with Crippen LogP contribution in [-0.4, -0.2) is 71.5 Å². The smallest absolute Gasteiger partial charge is 0.222 e. The fraction of sp³-hybridized carbons (Fsp3) is 0.737. The Hall–Kier alpha value is -1.69. The molecule has 2 aliphatic rings. The molecular formula is C19H31N5O. The lowest BCUT2D eigenvalue weighted by Crippen LogP contribution is -2.61. The number of amides is 1. The summed E-state index contributed by atoms with van der Waals surface area (Å²) in [6, 6.07) is 0. The zero-order valence-electron chi connectivity index (χ0n) is 16.1. The zero-order chi connectivity index (χ0) is 18.0. The Morgan fingerprint density at radius 3 is 2.76 bits per heavy atom. The van der Waals surface area contributed by atoms with Gasteiger partial charge in [0.15, 0.2) is 0 Å². The topological polar surface area (TPSA) is 52.6 Å². The molecule has 1 atom stereocenters. The molecule has 2 fully saturated rings. The van der Waals surface area contributed by atoms with Gasteiger partial charge < -0.3 is 9.80 Å². The highest BCUT2D eigenvalue weighted by atomic mass is 16.2. The van der Waals surface area contributed by atoms with Gasteiger partial charge in [-0.3, -0.25) is 9.69 Å². The molecular weight excluding hydrogens is 314 g/mol. The monoisotopic (exact) mass is 345 g/mol. The SMILES string of the molecule is CCCc1cnc(C)nc1N1CCN(C)C2(CCC(=O)N(C)CC2)C1. The van der Waals surface area contributed by atoms with Gasteiger partial charge in [-0.25, -0.2) is 9.97 Å². The van der Waals surface area contributed by atoms with Gasteiger partial charge in [0.1, 0.15) is 11.6 Å². The number of hydrogen-bond donors (Lipinski definition) is 0. The van der Waals surface area contributed by atoms with Crippen LogP contribution in [0.4, 0.5) is 5.82 Å². The minimum Gasteiger partial charge on any atom is -0.353 e. The normalized spacial score (nSPS) is 25.5. The van der Waals surface area contributed by atoms with Crippen molar-refractivity contribution in [2.75, 3.05) is 45.2 Å². The molecule has 138 valence electrons. The van der Waals surface area contributed by atoms with Gasteiger partial charge in [-0.1, -0.05) is 13.3 Å². The Balaban J connectivity index is 1.88. The first kappa shape index (κ1) is 18.1. The van der Waals surface area contributed by atoms with Crippen molar-refractivity contribution in [1.29, 1.82) is 0 Å². The van der Waals surface area contributed by atoms with Crippen molar-refractivity contribution in [3.05, 3.63) is 17.6 Å².